The van der Waals surface area contributed by atoms with Crippen LogP contribution >= 0.6 is 0 Å². The fourth-order valence-corrected chi connectivity index (χ4v) is 4.44. The highest BCUT2D eigenvalue weighted by Gasteiger charge is 2.25. The molecule has 5 heteroatoms. The number of benzene rings is 3. The Kier molecular flexibility index (Phi) is 6.05. The number of rotatable bonds is 7. The molecule has 0 radical (unpaired) electrons. The van der Waals surface area contributed by atoms with Crippen molar-refractivity contribution in [3.8, 4) is 5.75 Å². The lowest BCUT2D eigenvalue weighted by atomic mass is 10.0. The highest BCUT2D eigenvalue weighted by atomic mass is 32.2. The molecular weight excluding hydrogens is 370 g/mol. The molecule has 3 rings (SSSR count). The van der Waals surface area contributed by atoms with Crippen LogP contribution in [0.2, 0.25) is 0 Å². The second-order valence-corrected chi connectivity index (χ2v) is 8.78. The summed E-state index contributed by atoms with van der Waals surface area (Å²) in [4.78, 5) is 0.261. The zero-order valence-electron chi connectivity index (χ0n) is 16.4. The van der Waals surface area contributed by atoms with Crippen molar-refractivity contribution in [2.45, 2.75) is 31.2 Å². The third kappa shape index (κ3) is 4.37. The average molecular weight is 396 g/mol. The SMILES string of the molecule is COc1cccc(N(Cc2ccc(C(C)C)cc2)S(=O)(=O)c2ccccc2)c1. The molecule has 0 aliphatic heterocycles. The summed E-state index contributed by atoms with van der Waals surface area (Å²) in [6.07, 6.45) is 0. The van der Waals surface area contributed by atoms with Crippen LogP contribution in [0.3, 0.4) is 0 Å². The molecule has 28 heavy (non-hydrogen) atoms. The summed E-state index contributed by atoms with van der Waals surface area (Å²) in [5.74, 6) is 1.04. The van der Waals surface area contributed by atoms with Crippen LogP contribution in [-0.2, 0) is 16.6 Å². The molecule has 3 aromatic rings. The minimum Gasteiger partial charge on any atom is -0.497 e. The van der Waals surface area contributed by atoms with E-state index in [1.807, 2.05) is 12.1 Å². The second kappa shape index (κ2) is 8.48. The molecular formula is C23H25NO3S. The van der Waals surface area contributed by atoms with E-state index < -0.39 is 10.0 Å². The van der Waals surface area contributed by atoms with E-state index in [9.17, 15) is 8.42 Å². The maximum absolute atomic E-state index is 13.4. The van der Waals surface area contributed by atoms with E-state index in [2.05, 4.69) is 26.0 Å². The number of ether oxygens (including phenoxy) is 1. The minimum absolute atomic E-state index is 0.239. The smallest absolute Gasteiger partial charge is 0.264 e. The van der Waals surface area contributed by atoms with E-state index >= 15 is 0 Å². The van der Waals surface area contributed by atoms with Crippen LogP contribution in [0.1, 0.15) is 30.9 Å². The van der Waals surface area contributed by atoms with Crippen LogP contribution < -0.4 is 9.04 Å². The van der Waals surface area contributed by atoms with Gasteiger partial charge in [0.15, 0.2) is 0 Å². The summed E-state index contributed by atoms with van der Waals surface area (Å²) in [6, 6.07) is 23.7. The number of hydrogen-bond donors (Lipinski definition) is 0. The number of sulfonamides is 1. The molecule has 0 bridgehead atoms. The van der Waals surface area contributed by atoms with E-state index in [4.69, 9.17) is 4.74 Å². The Morgan fingerprint density at radius 2 is 1.57 bits per heavy atom. The van der Waals surface area contributed by atoms with Crippen LogP contribution in [0.25, 0.3) is 0 Å². The molecule has 3 aromatic carbocycles. The van der Waals surface area contributed by atoms with E-state index in [0.29, 0.717) is 17.4 Å². The van der Waals surface area contributed by atoms with Crippen LogP contribution in [0, 0.1) is 0 Å². The first kappa shape index (κ1) is 20.0. The minimum atomic E-state index is -3.73. The van der Waals surface area contributed by atoms with Gasteiger partial charge in [-0.2, -0.15) is 0 Å². The predicted octanol–water partition coefficient (Wildman–Crippen LogP) is 5.21. The lowest BCUT2D eigenvalue weighted by Crippen LogP contribution is -2.30. The van der Waals surface area contributed by atoms with Gasteiger partial charge in [-0.1, -0.05) is 62.4 Å². The molecule has 0 saturated carbocycles. The van der Waals surface area contributed by atoms with E-state index in [1.54, 1.807) is 61.7 Å². The molecule has 0 heterocycles. The first-order valence-electron chi connectivity index (χ1n) is 9.22. The largest absolute Gasteiger partial charge is 0.497 e. The van der Waals surface area contributed by atoms with Crippen molar-refractivity contribution in [1.82, 2.24) is 0 Å². The fraction of sp³-hybridized carbons (Fsp3) is 0.217. The maximum atomic E-state index is 13.4. The zero-order valence-corrected chi connectivity index (χ0v) is 17.2. The van der Waals surface area contributed by atoms with Gasteiger partial charge in [0.1, 0.15) is 5.75 Å². The summed E-state index contributed by atoms with van der Waals surface area (Å²) in [6.45, 7) is 4.51. The third-order valence-electron chi connectivity index (χ3n) is 4.65. The van der Waals surface area contributed by atoms with E-state index in [0.717, 1.165) is 5.56 Å². The quantitative estimate of drug-likeness (QED) is 0.551. The summed E-state index contributed by atoms with van der Waals surface area (Å²) in [5, 5.41) is 0. The Morgan fingerprint density at radius 3 is 2.18 bits per heavy atom. The molecule has 0 atom stereocenters. The van der Waals surface area contributed by atoms with Gasteiger partial charge in [0, 0.05) is 6.07 Å². The standard InChI is InChI=1S/C23H25NO3S/c1-18(2)20-14-12-19(13-15-20)17-24(21-8-7-9-22(16-21)27-3)28(25,26)23-10-5-4-6-11-23/h4-16,18H,17H2,1-3H3. The molecule has 0 aliphatic carbocycles. The normalized spacial score (nSPS) is 11.4. The van der Waals surface area contributed by atoms with Crippen LogP contribution in [-0.4, -0.2) is 15.5 Å². The van der Waals surface area contributed by atoms with Crippen molar-refractivity contribution in [3.63, 3.8) is 0 Å². The van der Waals surface area contributed by atoms with Crippen LogP contribution in [0.4, 0.5) is 5.69 Å². The Morgan fingerprint density at radius 1 is 0.893 bits per heavy atom. The van der Waals surface area contributed by atoms with Gasteiger partial charge >= 0.3 is 0 Å². The van der Waals surface area contributed by atoms with Crippen molar-refractivity contribution in [3.05, 3.63) is 90.0 Å². The molecule has 146 valence electrons. The zero-order chi connectivity index (χ0) is 20.1. The van der Waals surface area contributed by atoms with Gasteiger partial charge in [-0.05, 0) is 41.3 Å². The number of hydrogen-bond acceptors (Lipinski definition) is 3. The monoisotopic (exact) mass is 395 g/mol. The molecule has 0 fully saturated rings. The molecule has 0 N–H and O–H groups in total. The average Bonchev–Trinajstić information content (AvgIpc) is 2.73. The van der Waals surface area contributed by atoms with Crippen molar-refractivity contribution >= 4 is 15.7 Å². The topological polar surface area (TPSA) is 46.6 Å². The van der Waals surface area contributed by atoms with Crippen LogP contribution in [0.15, 0.2) is 83.8 Å². The molecule has 0 spiro atoms. The first-order chi connectivity index (χ1) is 13.4. The summed E-state index contributed by atoms with van der Waals surface area (Å²) in [7, 11) is -2.16. The van der Waals surface area contributed by atoms with Crippen LogP contribution in [0.5, 0.6) is 5.75 Å². The van der Waals surface area contributed by atoms with Crippen molar-refractivity contribution in [1.29, 1.82) is 0 Å². The first-order valence-corrected chi connectivity index (χ1v) is 10.7. The molecule has 0 amide bonds. The van der Waals surface area contributed by atoms with Gasteiger partial charge in [-0.15, -0.1) is 0 Å². The predicted molar refractivity (Wildman–Crippen MR) is 113 cm³/mol. The number of nitrogens with zero attached hydrogens (tertiary/aromatic N) is 1. The van der Waals surface area contributed by atoms with Gasteiger partial charge in [-0.3, -0.25) is 4.31 Å². The molecule has 0 aliphatic rings. The van der Waals surface area contributed by atoms with Gasteiger partial charge in [-0.25, -0.2) is 8.42 Å². The fourth-order valence-electron chi connectivity index (χ4n) is 2.97. The third-order valence-corrected chi connectivity index (χ3v) is 6.43. The molecule has 4 nitrogen and oxygen atoms in total. The number of anilines is 1. The van der Waals surface area contributed by atoms with Gasteiger partial charge in [0.2, 0.25) is 0 Å². The summed E-state index contributed by atoms with van der Waals surface area (Å²) in [5.41, 5.74) is 2.71. The lowest BCUT2D eigenvalue weighted by Gasteiger charge is -2.25. The van der Waals surface area contributed by atoms with Crippen molar-refractivity contribution < 1.29 is 13.2 Å². The van der Waals surface area contributed by atoms with E-state index in [-0.39, 0.29) is 11.4 Å². The van der Waals surface area contributed by atoms with Gasteiger partial charge in [0.05, 0.1) is 24.2 Å². The maximum Gasteiger partial charge on any atom is 0.264 e. The van der Waals surface area contributed by atoms with E-state index in [1.165, 1.54) is 9.87 Å². The van der Waals surface area contributed by atoms with Crippen molar-refractivity contribution in [2.24, 2.45) is 0 Å². The van der Waals surface area contributed by atoms with Crippen molar-refractivity contribution in [2.75, 3.05) is 11.4 Å². The number of methoxy groups -OCH3 is 1. The summed E-state index contributed by atoms with van der Waals surface area (Å²) < 4.78 is 33.5. The van der Waals surface area contributed by atoms with Gasteiger partial charge < -0.3 is 4.74 Å². The Bertz CT molecular complexity index is 1010. The summed E-state index contributed by atoms with van der Waals surface area (Å²) >= 11 is 0. The molecule has 0 aromatic heterocycles. The molecule has 0 saturated heterocycles. The highest BCUT2D eigenvalue weighted by molar-refractivity contribution is 7.92. The van der Waals surface area contributed by atoms with Gasteiger partial charge in [0.25, 0.3) is 10.0 Å². The molecule has 0 unspecified atom stereocenters. The lowest BCUT2D eigenvalue weighted by molar-refractivity contribution is 0.415. The Balaban J connectivity index is 2.04. The Hall–Kier alpha value is -2.79. The highest BCUT2D eigenvalue weighted by Crippen LogP contribution is 2.29. The Labute approximate surface area is 167 Å². The second-order valence-electron chi connectivity index (χ2n) is 6.92.